The van der Waals surface area contributed by atoms with Gasteiger partial charge in [0.15, 0.2) is 0 Å². The number of likely N-dealkylation sites (tertiary alicyclic amines) is 1. The lowest BCUT2D eigenvalue weighted by molar-refractivity contribution is -0.146. The smallest absolute Gasteiger partial charge is 0.382 e. The summed E-state index contributed by atoms with van der Waals surface area (Å²) in [5.74, 6) is -3.82. The first-order valence-corrected chi connectivity index (χ1v) is 14.4. The molecule has 10 nitrogen and oxygen atoms in total. The molecule has 15 heteroatoms. The maximum absolute atomic E-state index is 14.0. The number of alkyl halides is 5. The van der Waals surface area contributed by atoms with E-state index >= 15 is 0 Å². The first-order valence-electron chi connectivity index (χ1n) is 14.4. The van der Waals surface area contributed by atoms with Crippen LogP contribution in [0.5, 0.6) is 0 Å². The number of piperidine rings is 2. The number of aromatic nitrogens is 4. The van der Waals surface area contributed by atoms with E-state index in [4.69, 9.17) is 10.7 Å². The average Bonchev–Trinajstić information content (AvgIpc) is 3.41. The Labute approximate surface area is 254 Å². The fourth-order valence-corrected chi connectivity index (χ4v) is 5.89. The third kappa shape index (κ3) is 6.24. The van der Waals surface area contributed by atoms with Crippen molar-refractivity contribution in [2.45, 2.75) is 37.8 Å². The molecule has 0 bridgehead atoms. The SMILES string of the molecule is Nc1nccn2c(N3CCCC(C(=O)N4CCCC(F)(F)C4)C3)nc(-c3ccc(C(=O)Nc4cc(C(F)(F)F)ccn4)cc3)c12. The van der Waals surface area contributed by atoms with Gasteiger partial charge in [-0.3, -0.25) is 14.0 Å². The van der Waals surface area contributed by atoms with Gasteiger partial charge in [-0.1, -0.05) is 12.1 Å². The van der Waals surface area contributed by atoms with Gasteiger partial charge in [-0.05, 0) is 43.5 Å². The van der Waals surface area contributed by atoms with Gasteiger partial charge in [0.05, 0.1) is 18.0 Å². The Bertz CT molecular complexity index is 1740. The second-order valence-corrected chi connectivity index (χ2v) is 11.3. The summed E-state index contributed by atoms with van der Waals surface area (Å²) in [4.78, 5) is 42.1. The minimum atomic E-state index is -4.58. The standard InChI is InChI=1S/C30H29F5N8O2/c31-29(32)9-2-13-42(17-29)27(45)20-3-1-12-41(16-20)28-40-23(24-25(36)38-11-14-43(24)28)18-4-6-19(7-5-18)26(44)39-22-15-21(8-10-37-22)30(33,34)35/h4-8,10-11,14-15,20H,1-3,9,12-13,16-17H2,(H2,36,38)(H,37,39,44). The Morgan fingerprint density at radius 3 is 2.53 bits per heavy atom. The van der Waals surface area contributed by atoms with E-state index in [-0.39, 0.29) is 35.9 Å². The van der Waals surface area contributed by atoms with Crippen molar-refractivity contribution in [2.75, 3.05) is 42.1 Å². The molecule has 2 saturated heterocycles. The van der Waals surface area contributed by atoms with Gasteiger partial charge < -0.3 is 20.9 Å². The molecule has 1 atom stereocenters. The molecule has 0 saturated carbocycles. The van der Waals surface area contributed by atoms with E-state index in [0.29, 0.717) is 55.2 Å². The monoisotopic (exact) mass is 628 g/mol. The largest absolute Gasteiger partial charge is 0.416 e. The molecular formula is C30H29F5N8O2. The Morgan fingerprint density at radius 2 is 1.80 bits per heavy atom. The van der Waals surface area contributed by atoms with Gasteiger partial charge >= 0.3 is 6.18 Å². The van der Waals surface area contributed by atoms with Crippen molar-refractivity contribution in [1.29, 1.82) is 0 Å². The van der Waals surface area contributed by atoms with E-state index in [1.165, 1.54) is 23.2 Å². The minimum absolute atomic E-state index is 0.175. The van der Waals surface area contributed by atoms with Crippen LogP contribution in [0.25, 0.3) is 16.8 Å². The second kappa shape index (κ2) is 11.6. The molecule has 2 fully saturated rings. The van der Waals surface area contributed by atoms with Gasteiger partial charge in [0.25, 0.3) is 11.8 Å². The summed E-state index contributed by atoms with van der Waals surface area (Å²) < 4.78 is 68.9. The number of anilines is 3. The maximum atomic E-state index is 14.0. The van der Waals surface area contributed by atoms with Gasteiger partial charge in [0, 0.05) is 55.8 Å². The number of fused-ring (bicyclic) bond motifs is 1. The van der Waals surface area contributed by atoms with Gasteiger partial charge in [-0.2, -0.15) is 13.2 Å². The lowest BCUT2D eigenvalue weighted by Gasteiger charge is -2.38. The summed E-state index contributed by atoms with van der Waals surface area (Å²) >= 11 is 0. The lowest BCUT2D eigenvalue weighted by atomic mass is 9.95. The van der Waals surface area contributed by atoms with Gasteiger partial charge in [-0.25, -0.2) is 23.7 Å². The van der Waals surface area contributed by atoms with Gasteiger partial charge in [0.2, 0.25) is 11.9 Å². The molecule has 0 radical (unpaired) electrons. The molecule has 236 valence electrons. The second-order valence-electron chi connectivity index (χ2n) is 11.3. The highest BCUT2D eigenvalue weighted by Gasteiger charge is 2.40. The Balaban J connectivity index is 1.24. The van der Waals surface area contributed by atoms with E-state index in [1.54, 1.807) is 22.7 Å². The third-order valence-corrected chi connectivity index (χ3v) is 8.07. The first kappa shape index (κ1) is 30.2. The van der Waals surface area contributed by atoms with E-state index in [1.807, 2.05) is 4.90 Å². The molecule has 0 aliphatic carbocycles. The Hall–Kier alpha value is -4.82. The van der Waals surface area contributed by atoms with Crippen LogP contribution in [0.1, 0.15) is 41.6 Å². The zero-order valence-corrected chi connectivity index (χ0v) is 23.9. The molecule has 2 amide bonds. The number of amides is 2. The van der Waals surface area contributed by atoms with Gasteiger partial charge in [-0.15, -0.1) is 0 Å². The number of hydrogen-bond donors (Lipinski definition) is 2. The van der Waals surface area contributed by atoms with Crippen LogP contribution in [0.3, 0.4) is 0 Å². The Kier molecular flexibility index (Phi) is 7.79. The summed E-state index contributed by atoms with van der Waals surface area (Å²) in [6.07, 6.45) is 0.888. The van der Waals surface area contributed by atoms with Crippen LogP contribution >= 0.6 is 0 Å². The summed E-state index contributed by atoms with van der Waals surface area (Å²) in [5.41, 5.74) is 7.06. The molecule has 4 aromatic rings. The van der Waals surface area contributed by atoms with Crippen LogP contribution in [0.2, 0.25) is 0 Å². The Morgan fingerprint density at radius 1 is 1.02 bits per heavy atom. The molecule has 45 heavy (non-hydrogen) atoms. The summed E-state index contributed by atoms with van der Waals surface area (Å²) in [6.45, 7) is 0.632. The number of nitrogens with two attached hydrogens (primary N) is 1. The van der Waals surface area contributed by atoms with E-state index in [2.05, 4.69) is 15.3 Å². The highest BCUT2D eigenvalue weighted by Crippen LogP contribution is 2.35. The van der Waals surface area contributed by atoms with Crippen LogP contribution < -0.4 is 16.0 Å². The van der Waals surface area contributed by atoms with Crippen molar-refractivity contribution in [1.82, 2.24) is 24.3 Å². The predicted molar refractivity (Wildman–Crippen MR) is 156 cm³/mol. The average molecular weight is 629 g/mol. The molecule has 6 rings (SSSR count). The number of benzene rings is 1. The van der Waals surface area contributed by atoms with Crippen LogP contribution in [-0.2, 0) is 11.0 Å². The third-order valence-electron chi connectivity index (χ3n) is 8.07. The number of nitrogens with one attached hydrogen (secondary N) is 1. The van der Waals surface area contributed by atoms with Crippen LogP contribution in [0, 0.1) is 5.92 Å². The molecule has 2 aliphatic rings. The zero-order chi connectivity index (χ0) is 31.9. The van der Waals surface area contributed by atoms with Crippen LogP contribution in [0.4, 0.5) is 39.5 Å². The van der Waals surface area contributed by atoms with Crippen molar-refractivity contribution >= 4 is 34.9 Å². The minimum Gasteiger partial charge on any atom is -0.382 e. The quantitative estimate of drug-likeness (QED) is 0.295. The number of imidazole rings is 1. The van der Waals surface area contributed by atoms with E-state index in [9.17, 15) is 31.5 Å². The number of halogens is 5. The number of carbonyl (C=O) groups is 2. The summed E-state index contributed by atoms with van der Waals surface area (Å²) in [5, 5.41) is 2.38. The zero-order valence-electron chi connectivity index (χ0n) is 23.9. The topological polar surface area (TPSA) is 122 Å². The first-order chi connectivity index (χ1) is 21.4. The van der Waals surface area contributed by atoms with Crippen molar-refractivity contribution in [3.05, 3.63) is 66.1 Å². The van der Waals surface area contributed by atoms with Crippen molar-refractivity contribution in [2.24, 2.45) is 5.92 Å². The molecule has 1 unspecified atom stereocenters. The van der Waals surface area contributed by atoms with E-state index < -0.39 is 36.0 Å². The number of nitrogens with zero attached hydrogens (tertiary/aromatic N) is 6. The maximum Gasteiger partial charge on any atom is 0.416 e. The molecule has 3 N–H and O–H groups in total. The van der Waals surface area contributed by atoms with Crippen LogP contribution in [0.15, 0.2) is 55.0 Å². The van der Waals surface area contributed by atoms with Crippen molar-refractivity contribution in [3.8, 4) is 11.3 Å². The van der Waals surface area contributed by atoms with Gasteiger partial charge in [0.1, 0.15) is 22.8 Å². The molecule has 5 heterocycles. The number of pyridine rings is 1. The predicted octanol–water partition coefficient (Wildman–Crippen LogP) is 5.12. The van der Waals surface area contributed by atoms with E-state index in [0.717, 1.165) is 18.3 Å². The molecule has 1 aromatic carbocycles. The lowest BCUT2D eigenvalue weighted by Crippen LogP contribution is -2.51. The number of carbonyl (C=O) groups excluding carboxylic acids is 2. The number of nitrogen functional groups attached to an aromatic ring is 1. The number of rotatable bonds is 5. The number of hydrogen-bond acceptors (Lipinski definition) is 7. The summed E-state index contributed by atoms with van der Waals surface area (Å²) in [6, 6.07) is 7.82. The van der Waals surface area contributed by atoms with Crippen molar-refractivity contribution in [3.63, 3.8) is 0 Å². The highest BCUT2D eigenvalue weighted by atomic mass is 19.4. The fraction of sp³-hybridized carbons (Fsp3) is 0.367. The molecule has 0 spiro atoms. The molecule has 2 aliphatic heterocycles. The molecule has 3 aromatic heterocycles. The highest BCUT2D eigenvalue weighted by molar-refractivity contribution is 6.04. The fourth-order valence-electron chi connectivity index (χ4n) is 5.89. The van der Waals surface area contributed by atoms with Crippen molar-refractivity contribution < 1.29 is 31.5 Å². The molecular weight excluding hydrogens is 599 g/mol. The normalized spacial score (nSPS) is 18.6. The summed E-state index contributed by atoms with van der Waals surface area (Å²) in [7, 11) is 0. The van der Waals surface area contributed by atoms with Crippen LogP contribution in [-0.4, -0.2) is 68.2 Å².